The number of ether oxygens (including phenoxy) is 1. The summed E-state index contributed by atoms with van der Waals surface area (Å²) in [5, 5.41) is 18.1. The standard InChI is InChI=1S/C28H29N5O3S/c1-19-29-25-15-24(8-9-26(25)37-19)35-18-23(34)16-32-10-12-33(13-11-32)17-27-30-28(31-36-27)22-7-6-20-4-2-3-5-21(20)14-22/h2-9,14-15,23,34H,10-13,16-18H2,1H3. The number of aryl methyl sites for hydroxylation is 1. The number of aliphatic hydroxyl groups is 1. The van der Waals surface area contributed by atoms with Crippen molar-refractivity contribution in [3.8, 4) is 17.1 Å². The van der Waals surface area contributed by atoms with Crippen LogP contribution in [0.1, 0.15) is 10.9 Å². The number of hydrogen-bond acceptors (Lipinski definition) is 9. The molecule has 1 unspecified atom stereocenters. The topological polar surface area (TPSA) is 87.8 Å². The zero-order valence-corrected chi connectivity index (χ0v) is 21.5. The molecule has 0 aliphatic carbocycles. The van der Waals surface area contributed by atoms with Crippen molar-refractivity contribution in [1.29, 1.82) is 0 Å². The molecule has 0 amide bonds. The van der Waals surface area contributed by atoms with E-state index in [1.54, 1.807) is 11.3 Å². The van der Waals surface area contributed by atoms with Crippen LogP contribution in [0.4, 0.5) is 0 Å². The Morgan fingerprint density at radius 2 is 1.78 bits per heavy atom. The Morgan fingerprint density at radius 3 is 2.65 bits per heavy atom. The minimum absolute atomic E-state index is 0.258. The van der Waals surface area contributed by atoms with E-state index in [1.165, 1.54) is 5.39 Å². The third-order valence-electron chi connectivity index (χ3n) is 6.68. The maximum absolute atomic E-state index is 10.5. The van der Waals surface area contributed by atoms with Crippen LogP contribution in [0, 0.1) is 6.92 Å². The van der Waals surface area contributed by atoms with E-state index in [1.807, 2.05) is 43.3 Å². The Kier molecular flexibility index (Phi) is 6.84. The summed E-state index contributed by atoms with van der Waals surface area (Å²) in [6, 6.07) is 20.4. The van der Waals surface area contributed by atoms with Gasteiger partial charge in [-0.15, -0.1) is 11.3 Å². The normalized spacial score (nSPS) is 15.9. The fourth-order valence-corrected chi connectivity index (χ4v) is 5.55. The van der Waals surface area contributed by atoms with Crippen molar-refractivity contribution in [2.75, 3.05) is 39.3 Å². The summed E-state index contributed by atoms with van der Waals surface area (Å²) >= 11 is 1.67. The maximum Gasteiger partial charge on any atom is 0.241 e. The first-order chi connectivity index (χ1) is 18.1. The lowest BCUT2D eigenvalue weighted by Gasteiger charge is -2.34. The van der Waals surface area contributed by atoms with Crippen LogP contribution in [0.15, 0.2) is 65.2 Å². The highest BCUT2D eigenvalue weighted by molar-refractivity contribution is 7.18. The molecule has 3 aromatic carbocycles. The van der Waals surface area contributed by atoms with Crippen molar-refractivity contribution in [3.05, 3.63) is 71.6 Å². The van der Waals surface area contributed by atoms with E-state index < -0.39 is 6.10 Å². The highest BCUT2D eigenvalue weighted by Crippen LogP contribution is 2.26. The second-order valence-electron chi connectivity index (χ2n) is 9.48. The van der Waals surface area contributed by atoms with Gasteiger partial charge < -0.3 is 14.4 Å². The highest BCUT2D eigenvalue weighted by Gasteiger charge is 2.21. The molecular weight excluding hydrogens is 486 g/mol. The molecule has 6 rings (SSSR count). The van der Waals surface area contributed by atoms with Gasteiger partial charge in [-0.1, -0.05) is 41.6 Å². The quantitative estimate of drug-likeness (QED) is 0.326. The van der Waals surface area contributed by atoms with Gasteiger partial charge in [0.15, 0.2) is 0 Å². The predicted molar refractivity (Wildman–Crippen MR) is 145 cm³/mol. The smallest absolute Gasteiger partial charge is 0.241 e. The van der Waals surface area contributed by atoms with E-state index in [-0.39, 0.29) is 6.61 Å². The lowest BCUT2D eigenvalue weighted by atomic mass is 10.1. The lowest BCUT2D eigenvalue weighted by molar-refractivity contribution is 0.0426. The minimum Gasteiger partial charge on any atom is -0.491 e. The number of aliphatic hydroxyl groups excluding tert-OH is 1. The number of hydrogen-bond donors (Lipinski definition) is 1. The first-order valence-electron chi connectivity index (χ1n) is 12.5. The van der Waals surface area contributed by atoms with E-state index in [4.69, 9.17) is 9.26 Å². The zero-order chi connectivity index (χ0) is 25.2. The number of nitrogens with zero attached hydrogens (tertiary/aromatic N) is 5. The van der Waals surface area contributed by atoms with Crippen LogP contribution < -0.4 is 4.74 Å². The summed E-state index contributed by atoms with van der Waals surface area (Å²) in [5.41, 5.74) is 1.90. The SMILES string of the molecule is Cc1nc2cc(OCC(O)CN3CCN(Cc4nc(-c5ccc6ccccc6c5)no4)CC3)ccc2s1. The van der Waals surface area contributed by atoms with Gasteiger partial charge in [0.05, 0.1) is 21.8 Å². The fraction of sp³-hybridized carbons (Fsp3) is 0.321. The molecule has 2 aromatic heterocycles. The summed E-state index contributed by atoms with van der Waals surface area (Å²) in [6.07, 6.45) is -0.556. The molecule has 0 radical (unpaired) electrons. The second kappa shape index (κ2) is 10.5. The van der Waals surface area contributed by atoms with Gasteiger partial charge in [0.1, 0.15) is 18.5 Å². The maximum atomic E-state index is 10.5. The molecule has 1 aliphatic rings. The zero-order valence-electron chi connectivity index (χ0n) is 20.7. The van der Waals surface area contributed by atoms with E-state index in [2.05, 4.69) is 49.2 Å². The molecule has 1 atom stereocenters. The summed E-state index contributed by atoms with van der Waals surface area (Å²) in [4.78, 5) is 13.7. The van der Waals surface area contributed by atoms with Gasteiger partial charge in [0, 0.05) is 44.4 Å². The number of fused-ring (bicyclic) bond motifs is 2. The van der Waals surface area contributed by atoms with E-state index in [0.29, 0.717) is 24.8 Å². The number of rotatable bonds is 8. The van der Waals surface area contributed by atoms with Gasteiger partial charge in [-0.05, 0) is 35.9 Å². The molecule has 8 nitrogen and oxygen atoms in total. The number of benzene rings is 3. The van der Waals surface area contributed by atoms with Crippen LogP contribution in [0.3, 0.4) is 0 Å². The molecule has 1 saturated heterocycles. The average molecular weight is 516 g/mol. The fourth-order valence-electron chi connectivity index (χ4n) is 4.74. The number of piperazine rings is 1. The Bertz CT molecular complexity index is 1510. The number of thiazole rings is 1. The van der Waals surface area contributed by atoms with Crippen molar-refractivity contribution in [2.24, 2.45) is 0 Å². The molecule has 0 spiro atoms. The van der Waals surface area contributed by atoms with Crippen molar-refractivity contribution in [3.63, 3.8) is 0 Å². The molecule has 1 aliphatic heterocycles. The molecule has 0 bridgehead atoms. The van der Waals surface area contributed by atoms with Gasteiger partial charge in [-0.3, -0.25) is 9.80 Å². The van der Waals surface area contributed by atoms with Crippen molar-refractivity contribution >= 4 is 32.3 Å². The van der Waals surface area contributed by atoms with E-state index >= 15 is 0 Å². The highest BCUT2D eigenvalue weighted by atomic mass is 32.1. The summed E-state index contributed by atoms with van der Waals surface area (Å²) in [7, 11) is 0. The Morgan fingerprint density at radius 1 is 0.973 bits per heavy atom. The van der Waals surface area contributed by atoms with E-state index in [0.717, 1.165) is 58.1 Å². The molecular formula is C28H29N5O3S. The van der Waals surface area contributed by atoms with Crippen LogP contribution in [0.2, 0.25) is 0 Å². The van der Waals surface area contributed by atoms with Crippen LogP contribution in [-0.2, 0) is 6.54 Å². The van der Waals surface area contributed by atoms with Crippen molar-refractivity contribution in [1.82, 2.24) is 24.9 Å². The Labute approximate surface area is 219 Å². The number of aromatic nitrogens is 3. The minimum atomic E-state index is -0.556. The van der Waals surface area contributed by atoms with Crippen molar-refractivity contribution in [2.45, 2.75) is 19.6 Å². The molecule has 0 saturated carbocycles. The summed E-state index contributed by atoms with van der Waals surface area (Å²) < 4.78 is 12.5. The Hall–Kier alpha value is -3.37. The van der Waals surface area contributed by atoms with Crippen molar-refractivity contribution < 1.29 is 14.4 Å². The first kappa shape index (κ1) is 24.0. The average Bonchev–Trinajstić information content (AvgIpc) is 3.53. The van der Waals surface area contributed by atoms with Gasteiger partial charge in [0.2, 0.25) is 11.7 Å². The first-order valence-corrected chi connectivity index (χ1v) is 13.4. The lowest BCUT2D eigenvalue weighted by Crippen LogP contribution is -2.48. The number of β-amino-alcohol motifs (C(OH)–C–C–N with tert-alkyl or cyclic N) is 1. The Balaban J connectivity index is 0.967. The predicted octanol–water partition coefficient (Wildman–Crippen LogP) is 4.37. The third-order valence-corrected chi connectivity index (χ3v) is 7.63. The van der Waals surface area contributed by atoms with Gasteiger partial charge >= 0.3 is 0 Å². The van der Waals surface area contributed by atoms with E-state index in [9.17, 15) is 5.11 Å². The largest absolute Gasteiger partial charge is 0.491 e. The molecule has 1 fully saturated rings. The van der Waals surface area contributed by atoms with Crippen LogP contribution >= 0.6 is 11.3 Å². The molecule has 190 valence electrons. The molecule has 37 heavy (non-hydrogen) atoms. The molecule has 9 heteroatoms. The third kappa shape index (κ3) is 5.65. The summed E-state index contributed by atoms with van der Waals surface area (Å²) in [6.45, 7) is 6.95. The van der Waals surface area contributed by atoms with Crippen LogP contribution in [0.5, 0.6) is 5.75 Å². The van der Waals surface area contributed by atoms with Gasteiger partial charge in [0.25, 0.3) is 0 Å². The molecule has 5 aromatic rings. The van der Waals surface area contributed by atoms with Gasteiger partial charge in [-0.2, -0.15) is 4.98 Å². The van der Waals surface area contributed by atoms with Crippen LogP contribution in [-0.4, -0.2) is 75.5 Å². The molecule has 3 heterocycles. The summed E-state index contributed by atoms with van der Waals surface area (Å²) in [5.74, 6) is 1.98. The van der Waals surface area contributed by atoms with Crippen LogP contribution in [0.25, 0.3) is 32.4 Å². The second-order valence-corrected chi connectivity index (χ2v) is 10.7. The van der Waals surface area contributed by atoms with Gasteiger partial charge in [-0.25, -0.2) is 4.98 Å². The molecule has 1 N–H and O–H groups in total. The monoisotopic (exact) mass is 515 g/mol.